The fourth-order valence-electron chi connectivity index (χ4n) is 1.74. The minimum Gasteiger partial charge on any atom is -0.481 e. The maximum atomic E-state index is 11.0. The molecule has 0 saturated carbocycles. The molecule has 0 bridgehead atoms. The lowest BCUT2D eigenvalue weighted by atomic mass is 9.78. The fourth-order valence-corrected chi connectivity index (χ4v) is 1.74. The summed E-state index contributed by atoms with van der Waals surface area (Å²) in [7, 11) is 0. The van der Waals surface area contributed by atoms with Gasteiger partial charge in [-0.2, -0.15) is 0 Å². The molecule has 2 heteroatoms. The molecule has 0 aliphatic rings. The normalized spacial score (nSPS) is 13.5. The van der Waals surface area contributed by atoms with Gasteiger partial charge in [-0.3, -0.25) is 4.79 Å². The first kappa shape index (κ1) is 14.2. The SMILES string of the molecule is C=CCCCCC[C@H](C(=O)O)C(C)(C)C. The number of carboxylic acids is 1. The standard InChI is InChI=1S/C13H24O2/c1-5-6-7-8-9-10-11(12(14)15)13(2,3)4/h5,11H,1,6-10H2,2-4H3,(H,14,15)/t11-/m1/s1. The Labute approximate surface area is 93.4 Å². The molecule has 1 atom stereocenters. The number of hydrogen-bond donors (Lipinski definition) is 1. The largest absolute Gasteiger partial charge is 0.481 e. The Hall–Kier alpha value is -0.790. The van der Waals surface area contributed by atoms with Crippen molar-refractivity contribution in [3.63, 3.8) is 0 Å². The summed E-state index contributed by atoms with van der Waals surface area (Å²) in [5, 5.41) is 9.10. The highest BCUT2D eigenvalue weighted by molar-refractivity contribution is 5.70. The minimum atomic E-state index is -0.661. The van der Waals surface area contributed by atoms with Gasteiger partial charge < -0.3 is 5.11 Å². The van der Waals surface area contributed by atoms with E-state index in [1.807, 2.05) is 26.8 Å². The third-order valence-corrected chi connectivity index (χ3v) is 2.74. The lowest BCUT2D eigenvalue weighted by Crippen LogP contribution is -2.28. The van der Waals surface area contributed by atoms with Gasteiger partial charge in [-0.25, -0.2) is 0 Å². The van der Waals surface area contributed by atoms with Crippen molar-refractivity contribution in [1.82, 2.24) is 0 Å². The lowest BCUT2D eigenvalue weighted by Gasteiger charge is -2.26. The van der Waals surface area contributed by atoms with Crippen molar-refractivity contribution < 1.29 is 9.90 Å². The monoisotopic (exact) mass is 212 g/mol. The summed E-state index contributed by atoms with van der Waals surface area (Å²) in [4.78, 5) is 11.0. The van der Waals surface area contributed by atoms with Crippen LogP contribution >= 0.6 is 0 Å². The number of carbonyl (C=O) groups is 1. The molecule has 0 aromatic heterocycles. The second-order valence-electron chi connectivity index (χ2n) is 5.18. The van der Waals surface area contributed by atoms with Gasteiger partial charge in [0.15, 0.2) is 0 Å². The minimum absolute atomic E-state index is 0.135. The molecule has 0 rings (SSSR count). The Bertz CT molecular complexity index is 201. The zero-order valence-electron chi connectivity index (χ0n) is 10.3. The number of carboxylic acid groups (broad SMARTS) is 1. The molecule has 0 radical (unpaired) electrons. The maximum Gasteiger partial charge on any atom is 0.307 e. The fraction of sp³-hybridized carbons (Fsp3) is 0.769. The predicted octanol–water partition coefficient (Wildman–Crippen LogP) is 3.87. The third-order valence-electron chi connectivity index (χ3n) is 2.74. The molecule has 0 aliphatic carbocycles. The highest BCUT2D eigenvalue weighted by atomic mass is 16.4. The van der Waals surface area contributed by atoms with Crippen molar-refractivity contribution >= 4 is 5.97 Å². The van der Waals surface area contributed by atoms with E-state index in [4.69, 9.17) is 5.11 Å². The van der Waals surface area contributed by atoms with E-state index in [2.05, 4.69) is 6.58 Å². The zero-order chi connectivity index (χ0) is 11.9. The van der Waals surface area contributed by atoms with Crippen LogP contribution in [-0.4, -0.2) is 11.1 Å². The number of aliphatic carboxylic acids is 1. The molecular formula is C13H24O2. The quantitative estimate of drug-likeness (QED) is 0.514. The zero-order valence-corrected chi connectivity index (χ0v) is 10.3. The smallest absolute Gasteiger partial charge is 0.307 e. The molecule has 0 unspecified atom stereocenters. The lowest BCUT2D eigenvalue weighted by molar-refractivity contribution is -0.145. The maximum absolute atomic E-state index is 11.0. The summed E-state index contributed by atoms with van der Waals surface area (Å²) in [6.45, 7) is 9.65. The topological polar surface area (TPSA) is 37.3 Å². The van der Waals surface area contributed by atoms with Gasteiger partial charge in [0.25, 0.3) is 0 Å². The van der Waals surface area contributed by atoms with Crippen molar-refractivity contribution in [2.24, 2.45) is 11.3 Å². The molecule has 88 valence electrons. The number of allylic oxidation sites excluding steroid dienone is 1. The molecule has 1 N–H and O–H groups in total. The Morgan fingerprint density at radius 1 is 1.33 bits per heavy atom. The second-order valence-corrected chi connectivity index (χ2v) is 5.18. The van der Waals surface area contributed by atoms with Crippen molar-refractivity contribution in [2.75, 3.05) is 0 Å². The molecule has 0 saturated heterocycles. The first-order valence-electron chi connectivity index (χ1n) is 5.73. The first-order chi connectivity index (χ1) is 6.89. The van der Waals surface area contributed by atoms with Crippen LogP contribution in [0.5, 0.6) is 0 Å². The van der Waals surface area contributed by atoms with Gasteiger partial charge in [0.1, 0.15) is 0 Å². The summed E-state index contributed by atoms with van der Waals surface area (Å²) in [6.07, 6.45) is 6.97. The Morgan fingerprint density at radius 3 is 2.33 bits per heavy atom. The Morgan fingerprint density at radius 2 is 1.93 bits per heavy atom. The van der Waals surface area contributed by atoms with E-state index in [1.165, 1.54) is 0 Å². The van der Waals surface area contributed by atoms with E-state index in [9.17, 15) is 4.79 Å². The van der Waals surface area contributed by atoms with E-state index < -0.39 is 5.97 Å². The summed E-state index contributed by atoms with van der Waals surface area (Å²) >= 11 is 0. The molecule has 0 spiro atoms. The van der Waals surface area contributed by atoms with Crippen molar-refractivity contribution in [3.8, 4) is 0 Å². The van der Waals surface area contributed by atoms with Crippen LogP contribution in [0, 0.1) is 11.3 Å². The van der Waals surface area contributed by atoms with Gasteiger partial charge in [0.2, 0.25) is 0 Å². The van der Waals surface area contributed by atoms with Crippen LogP contribution in [0.25, 0.3) is 0 Å². The van der Waals surface area contributed by atoms with Crippen LogP contribution in [0.4, 0.5) is 0 Å². The molecule has 15 heavy (non-hydrogen) atoms. The molecule has 0 fully saturated rings. The highest BCUT2D eigenvalue weighted by Crippen LogP contribution is 2.30. The second kappa shape index (κ2) is 6.65. The van der Waals surface area contributed by atoms with Gasteiger partial charge in [-0.05, 0) is 24.7 Å². The van der Waals surface area contributed by atoms with Crippen LogP contribution in [-0.2, 0) is 4.79 Å². The van der Waals surface area contributed by atoms with Crippen molar-refractivity contribution in [1.29, 1.82) is 0 Å². The molecule has 0 aromatic rings. The van der Waals surface area contributed by atoms with E-state index in [-0.39, 0.29) is 11.3 Å². The summed E-state index contributed by atoms with van der Waals surface area (Å²) < 4.78 is 0. The molecule has 0 aliphatic heterocycles. The van der Waals surface area contributed by atoms with E-state index in [0.717, 1.165) is 32.1 Å². The molecule has 0 heterocycles. The van der Waals surface area contributed by atoms with E-state index in [0.29, 0.717) is 0 Å². The third kappa shape index (κ3) is 6.32. The van der Waals surface area contributed by atoms with Crippen LogP contribution in [0.3, 0.4) is 0 Å². The summed E-state index contributed by atoms with van der Waals surface area (Å²) in [5.41, 5.74) is -0.135. The highest BCUT2D eigenvalue weighted by Gasteiger charge is 2.30. The van der Waals surface area contributed by atoms with Gasteiger partial charge in [-0.15, -0.1) is 6.58 Å². The van der Waals surface area contributed by atoms with Crippen LogP contribution in [0.2, 0.25) is 0 Å². The van der Waals surface area contributed by atoms with Crippen LogP contribution in [0.15, 0.2) is 12.7 Å². The van der Waals surface area contributed by atoms with Gasteiger partial charge >= 0.3 is 5.97 Å². The van der Waals surface area contributed by atoms with Crippen LogP contribution < -0.4 is 0 Å². The van der Waals surface area contributed by atoms with Crippen molar-refractivity contribution in [3.05, 3.63) is 12.7 Å². The van der Waals surface area contributed by atoms with Gasteiger partial charge in [0, 0.05) is 0 Å². The summed E-state index contributed by atoms with van der Waals surface area (Å²) in [6, 6.07) is 0. The number of unbranched alkanes of at least 4 members (excludes halogenated alkanes) is 3. The van der Waals surface area contributed by atoms with Crippen molar-refractivity contribution in [2.45, 2.75) is 52.9 Å². The molecule has 0 aromatic carbocycles. The van der Waals surface area contributed by atoms with E-state index in [1.54, 1.807) is 0 Å². The van der Waals surface area contributed by atoms with E-state index >= 15 is 0 Å². The average Bonchev–Trinajstić information content (AvgIpc) is 2.08. The van der Waals surface area contributed by atoms with Gasteiger partial charge in [-0.1, -0.05) is 39.7 Å². The van der Waals surface area contributed by atoms with Crippen LogP contribution in [0.1, 0.15) is 52.9 Å². The Kier molecular flexibility index (Phi) is 6.30. The Balaban J connectivity index is 3.88. The average molecular weight is 212 g/mol. The number of hydrogen-bond acceptors (Lipinski definition) is 1. The molecule has 0 amide bonds. The van der Waals surface area contributed by atoms with Gasteiger partial charge in [0.05, 0.1) is 5.92 Å². The first-order valence-corrected chi connectivity index (χ1v) is 5.73. The predicted molar refractivity (Wildman–Crippen MR) is 63.9 cm³/mol. The molecular weight excluding hydrogens is 188 g/mol. The summed E-state index contributed by atoms with van der Waals surface area (Å²) in [5.74, 6) is -0.882. The number of rotatable bonds is 7. The molecule has 2 nitrogen and oxygen atoms in total.